The van der Waals surface area contributed by atoms with Crippen molar-refractivity contribution in [3.8, 4) is 0 Å². The van der Waals surface area contributed by atoms with Crippen LogP contribution in [0, 0.1) is 0 Å². The Kier molecular flexibility index (Phi) is 5.83. The Morgan fingerprint density at radius 3 is 2.41 bits per heavy atom. The van der Waals surface area contributed by atoms with Gasteiger partial charge in [-0.2, -0.15) is 0 Å². The molecule has 2 aliphatic rings. The molecule has 2 aliphatic heterocycles. The number of rotatable bonds is 5. The summed E-state index contributed by atoms with van der Waals surface area (Å²) in [6.45, 7) is 0.661. The summed E-state index contributed by atoms with van der Waals surface area (Å²) in [6.07, 6.45) is -3.76. The SMILES string of the molecule is CO[C@H]1O[C@@H]2CO[C@@H](c3ccccc3)O[C@H]2[C@H](O)[C@H]1OCc1ccccc1. The Morgan fingerprint density at radius 1 is 1.00 bits per heavy atom. The number of aliphatic hydroxyl groups excluding tert-OH is 1. The van der Waals surface area contributed by atoms with Crippen molar-refractivity contribution in [2.75, 3.05) is 13.7 Å². The molecule has 0 bridgehead atoms. The smallest absolute Gasteiger partial charge is 0.186 e. The van der Waals surface area contributed by atoms with Crippen molar-refractivity contribution < 1.29 is 28.8 Å². The van der Waals surface area contributed by atoms with Crippen LogP contribution in [0.5, 0.6) is 0 Å². The van der Waals surface area contributed by atoms with E-state index >= 15 is 0 Å². The van der Waals surface area contributed by atoms with Crippen molar-refractivity contribution in [3.63, 3.8) is 0 Å². The second kappa shape index (κ2) is 8.48. The highest BCUT2D eigenvalue weighted by atomic mass is 16.8. The van der Waals surface area contributed by atoms with Crippen molar-refractivity contribution in [2.45, 2.75) is 43.6 Å². The van der Waals surface area contributed by atoms with Crippen LogP contribution in [0.2, 0.25) is 0 Å². The minimum atomic E-state index is -0.896. The molecule has 0 saturated carbocycles. The quantitative estimate of drug-likeness (QED) is 0.870. The van der Waals surface area contributed by atoms with Crippen LogP contribution in [-0.2, 0) is 30.3 Å². The molecule has 6 nitrogen and oxygen atoms in total. The van der Waals surface area contributed by atoms with Gasteiger partial charge in [-0.1, -0.05) is 60.7 Å². The van der Waals surface area contributed by atoms with E-state index in [1.54, 1.807) is 0 Å². The molecule has 1 N–H and O–H groups in total. The van der Waals surface area contributed by atoms with Crippen LogP contribution in [0.25, 0.3) is 0 Å². The molecular formula is C21H24O6. The molecule has 144 valence electrons. The summed E-state index contributed by atoms with van der Waals surface area (Å²) in [5, 5.41) is 10.9. The Hall–Kier alpha value is -1.80. The zero-order valence-electron chi connectivity index (χ0n) is 15.1. The van der Waals surface area contributed by atoms with E-state index in [2.05, 4.69) is 0 Å². The highest BCUT2D eigenvalue weighted by Gasteiger charge is 2.50. The molecular weight excluding hydrogens is 348 g/mol. The average Bonchev–Trinajstić information content (AvgIpc) is 2.74. The molecule has 6 heteroatoms. The number of fused-ring (bicyclic) bond motifs is 1. The van der Waals surface area contributed by atoms with Gasteiger partial charge in [0.15, 0.2) is 12.6 Å². The molecule has 0 amide bonds. The van der Waals surface area contributed by atoms with Gasteiger partial charge in [0, 0.05) is 12.7 Å². The van der Waals surface area contributed by atoms with Gasteiger partial charge < -0.3 is 28.8 Å². The summed E-state index contributed by atoms with van der Waals surface area (Å²) in [6, 6.07) is 19.4. The summed E-state index contributed by atoms with van der Waals surface area (Å²) in [7, 11) is 1.54. The fraction of sp³-hybridized carbons (Fsp3) is 0.429. The number of aliphatic hydroxyl groups is 1. The Balaban J connectivity index is 1.46. The molecule has 0 radical (unpaired) electrons. The third-order valence-electron chi connectivity index (χ3n) is 4.90. The third-order valence-corrected chi connectivity index (χ3v) is 4.90. The Morgan fingerprint density at radius 2 is 1.70 bits per heavy atom. The van der Waals surface area contributed by atoms with E-state index < -0.39 is 37.0 Å². The standard InChI is InChI=1S/C21H24O6/c1-23-21-19(24-12-14-8-4-2-5-9-14)17(22)18-16(26-21)13-25-20(27-18)15-10-6-3-7-11-15/h2-11,16-22H,12-13H2,1H3/t16-,17+,18-,19-,20-,21+/m1/s1. The molecule has 2 fully saturated rings. The van der Waals surface area contributed by atoms with E-state index in [1.165, 1.54) is 7.11 Å². The first kappa shape index (κ1) is 18.6. The van der Waals surface area contributed by atoms with Crippen molar-refractivity contribution in [1.29, 1.82) is 0 Å². The van der Waals surface area contributed by atoms with Gasteiger partial charge in [-0.3, -0.25) is 0 Å². The van der Waals surface area contributed by atoms with Crippen molar-refractivity contribution in [1.82, 2.24) is 0 Å². The lowest BCUT2D eigenvalue weighted by Crippen LogP contribution is -2.62. The van der Waals surface area contributed by atoms with Gasteiger partial charge in [0.05, 0.1) is 13.2 Å². The van der Waals surface area contributed by atoms with Gasteiger partial charge >= 0.3 is 0 Å². The maximum absolute atomic E-state index is 10.9. The van der Waals surface area contributed by atoms with Gasteiger partial charge in [0.2, 0.25) is 0 Å². The number of ether oxygens (including phenoxy) is 5. The lowest BCUT2D eigenvalue weighted by molar-refractivity contribution is -0.363. The summed E-state index contributed by atoms with van der Waals surface area (Å²) in [5.41, 5.74) is 1.91. The van der Waals surface area contributed by atoms with Gasteiger partial charge in [0.1, 0.15) is 24.4 Å². The van der Waals surface area contributed by atoms with Crippen LogP contribution >= 0.6 is 0 Å². The normalized spacial score (nSPS) is 33.4. The minimum absolute atomic E-state index is 0.312. The van der Waals surface area contributed by atoms with E-state index in [9.17, 15) is 5.11 Å². The molecule has 4 rings (SSSR count). The molecule has 27 heavy (non-hydrogen) atoms. The van der Waals surface area contributed by atoms with Crippen LogP contribution in [0.15, 0.2) is 60.7 Å². The van der Waals surface area contributed by atoms with E-state index in [0.29, 0.717) is 13.2 Å². The van der Waals surface area contributed by atoms with Crippen molar-refractivity contribution >= 4 is 0 Å². The Labute approximate surface area is 158 Å². The van der Waals surface area contributed by atoms with Crippen LogP contribution in [0.1, 0.15) is 17.4 Å². The van der Waals surface area contributed by atoms with Gasteiger partial charge in [-0.25, -0.2) is 0 Å². The van der Waals surface area contributed by atoms with Crippen molar-refractivity contribution in [3.05, 3.63) is 71.8 Å². The van der Waals surface area contributed by atoms with Crippen LogP contribution in [0.4, 0.5) is 0 Å². The molecule has 2 heterocycles. The van der Waals surface area contributed by atoms with Gasteiger partial charge in [-0.15, -0.1) is 0 Å². The summed E-state index contributed by atoms with van der Waals surface area (Å²) >= 11 is 0. The Bertz CT molecular complexity index is 703. The zero-order chi connectivity index (χ0) is 18.6. The lowest BCUT2D eigenvalue weighted by Gasteiger charge is -2.47. The van der Waals surface area contributed by atoms with Crippen LogP contribution in [0.3, 0.4) is 0 Å². The zero-order valence-corrected chi connectivity index (χ0v) is 15.1. The third kappa shape index (κ3) is 4.06. The molecule has 0 spiro atoms. The first-order chi connectivity index (χ1) is 13.3. The molecule has 0 unspecified atom stereocenters. The highest BCUT2D eigenvalue weighted by molar-refractivity contribution is 5.17. The fourth-order valence-electron chi connectivity index (χ4n) is 3.48. The van der Waals surface area contributed by atoms with E-state index in [0.717, 1.165) is 11.1 Å². The molecule has 0 aliphatic carbocycles. The van der Waals surface area contributed by atoms with Gasteiger partial charge in [0.25, 0.3) is 0 Å². The molecule has 0 aromatic heterocycles. The van der Waals surface area contributed by atoms with Crippen molar-refractivity contribution in [2.24, 2.45) is 0 Å². The fourth-order valence-corrected chi connectivity index (χ4v) is 3.48. The predicted octanol–water partition coefficient (Wildman–Crippen LogP) is 2.42. The minimum Gasteiger partial charge on any atom is -0.387 e. The summed E-state index contributed by atoms with van der Waals surface area (Å²) in [4.78, 5) is 0. The second-order valence-electron chi connectivity index (χ2n) is 6.71. The topological polar surface area (TPSA) is 66.4 Å². The average molecular weight is 372 g/mol. The predicted molar refractivity (Wildman–Crippen MR) is 96.7 cm³/mol. The van der Waals surface area contributed by atoms with Crippen LogP contribution < -0.4 is 0 Å². The number of methoxy groups -OCH3 is 1. The number of hydrogen-bond acceptors (Lipinski definition) is 6. The summed E-state index contributed by atoms with van der Waals surface area (Å²) in [5.74, 6) is 0. The largest absolute Gasteiger partial charge is 0.387 e. The van der Waals surface area contributed by atoms with E-state index in [-0.39, 0.29) is 0 Å². The highest BCUT2D eigenvalue weighted by Crippen LogP contribution is 2.35. The first-order valence-electron chi connectivity index (χ1n) is 9.10. The molecule has 6 atom stereocenters. The van der Waals surface area contributed by atoms with Gasteiger partial charge in [-0.05, 0) is 5.56 Å². The maximum atomic E-state index is 10.9. The summed E-state index contributed by atoms with van der Waals surface area (Å²) < 4.78 is 29.1. The molecule has 2 aromatic rings. The molecule has 2 saturated heterocycles. The monoisotopic (exact) mass is 372 g/mol. The second-order valence-corrected chi connectivity index (χ2v) is 6.71. The van der Waals surface area contributed by atoms with E-state index in [4.69, 9.17) is 23.7 Å². The lowest BCUT2D eigenvalue weighted by atomic mass is 9.97. The molecule has 2 aromatic carbocycles. The maximum Gasteiger partial charge on any atom is 0.186 e. The number of hydrogen-bond donors (Lipinski definition) is 1. The van der Waals surface area contributed by atoms with E-state index in [1.807, 2.05) is 60.7 Å². The first-order valence-corrected chi connectivity index (χ1v) is 9.10. The van der Waals surface area contributed by atoms with Crippen LogP contribution in [-0.4, -0.2) is 49.5 Å². The number of benzene rings is 2.